The minimum absolute atomic E-state index is 0.0262. The van der Waals surface area contributed by atoms with Crippen molar-refractivity contribution in [2.24, 2.45) is 0 Å². The quantitative estimate of drug-likeness (QED) is 0.692. The number of carboxylic acids is 1. The molecule has 2 aromatic rings. The van der Waals surface area contributed by atoms with Crippen LogP contribution in [0.5, 0.6) is 0 Å². The van der Waals surface area contributed by atoms with Gasteiger partial charge in [0.2, 0.25) is 0 Å². The molecular weight excluding hydrogens is 332 g/mol. The second kappa shape index (κ2) is 8.75. The number of Topliss-reactive ketones (excluding diaryl/α,β-unsaturated/α-hetero) is 1. The Balaban J connectivity index is 2.14. The molecule has 5 heteroatoms. The maximum Gasteiger partial charge on any atom is 0.304 e. The lowest BCUT2D eigenvalue weighted by molar-refractivity contribution is -0.136. The predicted octanol–water partition coefficient (Wildman–Crippen LogP) is 4.86. The van der Waals surface area contributed by atoms with Crippen molar-refractivity contribution >= 4 is 35.1 Å². The molecule has 0 saturated carbocycles. The molecule has 1 unspecified atom stereocenters. The Morgan fingerprint density at radius 3 is 2.35 bits per heavy atom. The number of carbonyl (C=O) groups excluding carboxylic acids is 1. The van der Waals surface area contributed by atoms with Crippen LogP contribution in [-0.4, -0.2) is 22.6 Å². The van der Waals surface area contributed by atoms with E-state index in [0.717, 1.165) is 5.56 Å². The van der Waals surface area contributed by atoms with E-state index < -0.39 is 5.97 Å². The molecule has 0 amide bonds. The van der Waals surface area contributed by atoms with E-state index in [1.54, 1.807) is 18.2 Å². The Hall–Kier alpha value is -1.78. The summed E-state index contributed by atoms with van der Waals surface area (Å²) in [5, 5.41) is 9.25. The van der Waals surface area contributed by atoms with Crippen molar-refractivity contribution in [3.63, 3.8) is 0 Å². The lowest BCUT2D eigenvalue weighted by Crippen LogP contribution is -2.07. The lowest BCUT2D eigenvalue weighted by Gasteiger charge is -2.17. The molecule has 0 aliphatic carbocycles. The molecule has 1 atom stereocenters. The number of benzene rings is 2. The molecule has 2 rings (SSSR count). The maximum absolute atomic E-state index is 12.5. The molecule has 23 heavy (non-hydrogen) atoms. The molecule has 0 aliphatic heterocycles. The second-order valence-electron chi connectivity index (χ2n) is 5.02. The zero-order chi connectivity index (χ0) is 16.7. The summed E-state index contributed by atoms with van der Waals surface area (Å²) in [6, 6.07) is 16.5. The Kier molecular flexibility index (Phi) is 6.68. The van der Waals surface area contributed by atoms with E-state index in [2.05, 4.69) is 0 Å². The van der Waals surface area contributed by atoms with Crippen LogP contribution in [0.2, 0.25) is 5.02 Å². The highest BCUT2D eigenvalue weighted by atomic mass is 35.5. The fourth-order valence-electron chi connectivity index (χ4n) is 2.19. The third-order valence-electron chi connectivity index (χ3n) is 3.35. The molecule has 0 aromatic heterocycles. The third-order valence-corrected chi connectivity index (χ3v) is 4.96. The summed E-state index contributed by atoms with van der Waals surface area (Å²) in [6.45, 7) is 0. The molecular formula is C18H17ClO3S. The van der Waals surface area contributed by atoms with Gasteiger partial charge < -0.3 is 5.11 Å². The first kappa shape index (κ1) is 17.6. The summed E-state index contributed by atoms with van der Waals surface area (Å²) in [4.78, 5) is 23.2. The summed E-state index contributed by atoms with van der Waals surface area (Å²) in [5.74, 6) is -0.379. The fourth-order valence-corrected chi connectivity index (χ4v) is 3.76. The number of rotatable bonds is 8. The van der Waals surface area contributed by atoms with Crippen LogP contribution in [0.4, 0.5) is 0 Å². The van der Waals surface area contributed by atoms with Gasteiger partial charge in [-0.2, -0.15) is 11.8 Å². The van der Waals surface area contributed by atoms with Gasteiger partial charge in [-0.1, -0.05) is 60.1 Å². The summed E-state index contributed by atoms with van der Waals surface area (Å²) in [7, 11) is 0. The van der Waals surface area contributed by atoms with Gasteiger partial charge in [-0.3, -0.25) is 9.59 Å². The van der Waals surface area contributed by atoms with E-state index in [0.29, 0.717) is 16.3 Å². The van der Waals surface area contributed by atoms with Crippen LogP contribution in [0.15, 0.2) is 54.6 Å². The van der Waals surface area contributed by atoms with Gasteiger partial charge in [0, 0.05) is 28.0 Å². The normalized spacial score (nSPS) is 11.9. The summed E-state index contributed by atoms with van der Waals surface area (Å²) in [6.07, 6.45) is 0.350. The van der Waals surface area contributed by atoms with Gasteiger partial charge in [0.05, 0.1) is 6.42 Å². The summed E-state index contributed by atoms with van der Waals surface area (Å²) < 4.78 is 0. The standard InChI is InChI=1S/C18H17ClO3S/c19-15-9-5-4-8-14(15)17(23-11-10-18(21)22)12-16(20)13-6-2-1-3-7-13/h1-9,17H,10-12H2,(H,21,22). The summed E-state index contributed by atoms with van der Waals surface area (Å²) >= 11 is 7.70. The number of carboxylic acid groups (broad SMARTS) is 1. The van der Waals surface area contributed by atoms with Crippen LogP contribution in [0.25, 0.3) is 0 Å². The van der Waals surface area contributed by atoms with Gasteiger partial charge in [-0.05, 0) is 11.6 Å². The zero-order valence-electron chi connectivity index (χ0n) is 12.4. The van der Waals surface area contributed by atoms with Gasteiger partial charge >= 0.3 is 5.97 Å². The highest BCUT2D eigenvalue weighted by Crippen LogP contribution is 2.37. The molecule has 3 nitrogen and oxygen atoms in total. The third kappa shape index (κ3) is 5.41. The lowest BCUT2D eigenvalue weighted by atomic mass is 10.0. The van der Waals surface area contributed by atoms with Crippen molar-refractivity contribution in [1.29, 1.82) is 0 Å². The Morgan fingerprint density at radius 2 is 1.70 bits per heavy atom. The van der Waals surface area contributed by atoms with E-state index >= 15 is 0 Å². The average Bonchev–Trinajstić information content (AvgIpc) is 2.55. The molecule has 120 valence electrons. The van der Waals surface area contributed by atoms with Crippen molar-refractivity contribution in [2.75, 3.05) is 5.75 Å². The monoisotopic (exact) mass is 348 g/mol. The highest BCUT2D eigenvalue weighted by molar-refractivity contribution is 7.99. The first-order valence-corrected chi connectivity index (χ1v) is 8.66. The molecule has 0 saturated heterocycles. The smallest absolute Gasteiger partial charge is 0.304 e. The number of ketones is 1. The number of thioether (sulfide) groups is 1. The highest BCUT2D eigenvalue weighted by Gasteiger charge is 2.20. The van der Waals surface area contributed by atoms with Crippen LogP contribution in [0, 0.1) is 0 Å². The number of aliphatic carboxylic acids is 1. The number of hydrogen-bond donors (Lipinski definition) is 1. The number of carbonyl (C=O) groups is 2. The molecule has 0 radical (unpaired) electrons. The van der Waals surface area contributed by atoms with Crippen LogP contribution in [0.1, 0.15) is 34.0 Å². The minimum atomic E-state index is -0.843. The van der Waals surface area contributed by atoms with Gasteiger partial charge in [0.1, 0.15) is 0 Å². The van der Waals surface area contributed by atoms with Gasteiger partial charge in [-0.15, -0.1) is 0 Å². The molecule has 0 fully saturated rings. The van der Waals surface area contributed by atoms with E-state index in [4.69, 9.17) is 16.7 Å². The van der Waals surface area contributed by atoms with Gasteiger partial charge in [0.25, 0.3) is 0 Å². The van der Waals surface area contributed by atoms with Gasteiger partial charge in [0.15, 0.2) is 5.78 Å². The average molecular weight is 349 g/mol. The van der Waals surface area contributed by atoms with E-state index in [1.165, 1.54) is 11.8 Å². The molecule has 1 N–H and O–H groups in total. The van der Waals surface area contributed by atoms with Crippen molar-refractivity contribution in [3.05, 3.63) is 70.7 Å². The van der Waals surface area contributed by atoms with E-state index in [9.17, 15) is 9.59 Å². The van der Waals surface area contributed by atoms with Crippen molar-refractivity contribution in [3.8, 4) is 0 Å². The molecule has 0 aliphatic rings. The van der Waals surface area contributed by atoms with E-state index in [1.807, 2.05) is 36.4 Å². The minimum Gasteiger partial charge on any atom is -0.481 e. The van der Waals surface area contributed by atoms with Crippen molar-refractivity contribution in [2.45, 2.75) is 18.1 Å². The second-order valence-corrected chi connectivity index (χ2v) is 6.74. The van der Waals surface area contributed by atoms with Crippen LogP contribution < -0.4 is 0 Å². The first-order valence-electron chi connectivity index (χ1n) is 7.24. The summed E-state index contributed by atoms with van der Waals surface area (Å²) in [5.41, 5.74) is 1.53. The Morgan fingerprint density at radius 1 is 1.04 bits per heavy atom. The SMILES string of the molecule is O=C(O)CCSC(CC(=O)c1ccccc1)c1ccccc1Cl. The van der Waals surface area contributed by atoms with Crippen LogP contribution >= 0.6 is 23.4 Å². The predicted molar refractivity (Wildman–Crippen MR) is 94.3 cm³/mol. The largest absolute Gasteiger partial charge is 0.481 e. The Labute approximate surface area is 144 Å². The van der Waals surface area contributed by atoms with Crippen LogP contribution in [-0.2, 0) is 4.79 Å². The Bertz CT molecular complexity index is 673. The zero-order valence-corrected chi connectivity index (χ0v) is 14.0. The number of halogens is 1. The van der Waals surface area contributed by atoms with Crippen molar-refractivity contribution < 1.29 is 14.7 Å². The first-order chi connectivity index (χ1) is 11.1. The van der Waals surface area contributed by atoms with Crippen molar-refractivity contribution in [1.82, 2.24) is 0 Å². The van der Waals surface area contributed by atoms with Crippen LogP contribution in [0.3, 0.4) is 0 Å². The molecule has 0 bridgehead atoms. The number of hydrogen-bond acceptors (Lipinski definition) is 3. The fraction of sp³-hybridized carbons (Fsp3) is 0.222. The maximum atomic E-state index is 12.5. The molecule has 0 heterocycles. The van der Waals surface area contributed by atoms with Gasteiger partial charge in [-0.25, -0.2) is 0 Å². The topological polar surface area (TPSA) is 54.4 Å². The van der Waals surface area contributed by atoms with E-state index in [-0.39, 0.29) is 23.9 Å². The molecule has 0 spiro atoms. The molecule has 2 aromatic carbocycles.